The lowest BCUT2D eigenvalue weighted by atomic mass is 9.84. The van der Waals surface area contributed by atoms with Crippen LogP contribution in [0, 0.1) is 0 Å². The van der Waals surface area contributed by atoms with E-state index in [9.17, 15) is 13.2 Å². The summed E-state index contributed by atoms with van der Waals surface area (Å²) in [6.07, 6.45) is -4.26. The molecule has 0 fully saturated rings. The molecule has 0 atom stereocenters. The fraction of sp³-hybridized carbons (Fsp3) is 0.400. The van der Waals surface area contributed by atoms with Gasteiger partial charge in [0.15, 0.2) is 0 Å². The number of nitrogen functional groups attached to an aromatic ring is 1. The minimum absolute atomic E-state index is 0.185. The highest BCUT2D eigenvalue weighted by atomic mass is 19.4. The van der Waals surface area contributed by atoms with E-state index in [1.165, 1.54) is 18.2 Å². The van der Waals surface area contributed by atoms with Crippen LogP contribution in [0.4, 0.5) is 18.9 Å². The summed E-state index contributed by atoms with van der Waals surface area (Å²) in [5, 5.41) is 0. The van der Waals surface area contributed by atoms with E-state index >= 15 is 0 Å². The predicted molar refractivity (Wildman–Crippen MR) is 49.9 cm³/mol. The van der Waals surface area contributed by atoms with Gasteiger partial charge in [0.1, 0.15) is 0 Å². The Bertz CT molecular complexity index is 328. The van der Waals surface area contributed by atoms with Crippen molar-refractivity contribution in [2.45, 2.75) is 25.4 Å². The quantitative estimate of drug-likeness (QED) is 0.697. The fourth-order valence-electron chi connectivity index (χ4n) is 1.09. The van der Waals surface area contributed by atoms with Crippen molar-refractivity contribution in [2.75, 3.05) is 5.73 Å². The van der Waals surface area contributed by atoms with Gasteiger partial charge in [0.25, 0.3) is 0 Å². The number of hydrogen-bond donors (Lipinski definition) is 1. The summed E-state index contributed by atoms with van der Waals surface area (Å²) in [6, 6.07) is 5.88. The minimum Gasteiger partial charge on any atom is -0.399 e. The van der Waals surface area contributed by atoms with Crippen LogP contribution in [0.1, 0.15) is 19.4 Å². The van der Waals surface area contributed by atoms with Crippen LogP contribution in [-0.4, -0.2) is 6.18 Å². The monoisotopic (exact) mass is 203 g/mol. The van der Waals surface area contributed by atoms with Crippen LogP contribution in [0.5, 0.6) is 0 Å². The minimum atomic E-state index is -4.26. The first-order valence-electron chi connectivity index (χ1n) is 4.18. The first kappa shape index (κ1) is 10.9. The molecule has 0 bridgehead atoms. The summed E-state index contributed by atoms with van der Waals surface area (Å²) in [5.41, 5.74) is 4.10. The van der Waals surface area contributed by atoms with Crippen LogP contribution in [0.2, 0.25) is 0 Å². The van der Waals surface area contributed by atoms with Crippen molar-refractivity contribution in [3.05, 3.63) is 29.8 Å². The molecule has 0 radical (unpaired) electrons. The fourth-order valence-corrected chi connectivity index (χ4v) is 1.09. The molecule has 1 rings (SSSR count). The molecule has 0 amide bonds. The standard InChI is InChI=1S/C10H12F3N/c1-9(2,10(11,12)13)7-4-3-5-8(14)6-7/h3-6H,14H2,1-2H3. The lowest BCUT2D eigenvalue weighted by Crippen LogP contribution is -2.36. The zero-order valence-electron chi connectivity index (χ0n) is 8.02. The molecule has 0 aliphatic rings. The SMILES string of the molecule is CC(C)(c1cccc(N)c1)C(F)(F)F. The van der Waals surface area contributed by atoms with E-state index in [1.54, 1.807) is 6.07 Å². The number of anilines is 1. The summed E-state index contributed by atoms with van der Waals surface area (Å²) in [5.74, 6) is 0. The molecular weight excluding hydrogens is 191 g/mol. The molecule has 0 spiro atoms. The van der Waals surface area contributed by atoms with E-state index in [0.717, 1.165) is 13.8 Å². The van der Waals surface area contributed by atoms with Crippen LogP contribution in [-0.2, 0) is 5.41 Å². The molecule has 14 heavy (non-hydrogen) atoms. The summed E-state index contributed by atoms with van der Waals surface area (Å²) in [6.45, 7) is 2.28. The van der Waals surface area contributed by atoms with Crippen molar-refractivity contribution in [1.29, 1.82) is 0 Å². The molecule has 0 unspecified atom stereocenters. The van der Waals surface area contributed by atoms with E-state index < -0.39 is 11.6 Å². The molecular formula is C10H12F3N. The maximum absolute atomic E-state index is 12.6. The lowest BCUT2D eigenvalue weighted by Gasteiger charge is -2.28. The van der Waals surface area contributed by atoms with Crippen molar-refractivity contribution < 1.29 is 13.2 Å². The van der Waals surface area contributed by atoms with Crippen LogP contribution < -0.4 is 5.73 Å². The third-order valence-electron chi connectivity index (χ3n) is 2.32. The normalized spacial score (nSPS) is 12.9. The van der Waals surface area contributed by atoms with Gasteiger partial charge >= 0.3 is 6.18 Å². The van der Waals surface area contributed by atoms with Gasteiger partial charge in [0, 0.05) is 5.69 Å². The third-order valence-corrected chi connectivity index (χ3v) is 2.32. The lowest BCUT2D eigenvalue weighted by molar-refractivity contribution is -0.180. The number of rotatable bonds is 1. The number of halogens is 3. The first-order valence-corrected chi connectivity index (χ1v) is 4.18. The Labute approximate surface area is 80.7 Å². The highest BCUT2D eigenvalue weighted by molar-refractivity contribution is 5.43. The second-order valence-corrected chi connectivity index (χ2v) is 3.75. The molecule has 4 heteroatoms. The van der Waals surface area contributed by atoms with E-state index in [2.05, 4.69) is 0 Å². The summed E-state index contributed by atoms with van der Waals surface area (Å²) in [7, 11) is 0. The average molecular weight is 203 g/mol. The Morgan fingerprint density at radius 2 is 1.71 bits per heavy atom. The van der Waals surface area contributed by atoms with E-state index in [4.69, 9.17) is 5.73 Å². The van der Waals surface area contributed by atoms with Gasteiger partial charge in [-0.1, -0.05) is 12.1 Å². The van der Waals surface area contributed by atoms with E-state index in [1.807, 2.05) is 0 Å². The Hall–Kier alpha value is -1.19. The molecule has 1 aromatic rings. The second-order valence-electron chi connectivity index (χ2n) is 3.75. The number of benzene rings is 1. The maximum Gasteiger partial charge on any atom is 0.397 e. The van der Waals surface area contributed by atoms with E-state index in [-0.39, 0.29) is 5.56 Å². The Morgan fingerprint density at radius 3 is 2.14 bits per heavy atom. The van der Waals surface area contributed by atoms with Gasteiger partial charge in [-0.3, -0.25) is 0 Å². The van der Waals surface area contributed by atoms with Crippen molar-refractivity contribution in [3.63, 3.8) is 0 Å². The van der Waals surface area contributed by atoms with Crippen molar-refractivity contribution in [2.24, 2.45) is 0 Å². The predicted octanol–water partition coefficient (Wildman–Crippen LogP) is 3.11. The van der Waals surface area contributed by atoms with E-state index in [0.29, 0.717) is 5.69 Å². The topological polar surface area (TPSA) is 26.0 Å². The summed E-state index contributed by atoms with van der Waals surface area (Å²) < 4.78 is 37.8. The highest BCUT2D eigenvalue weighted by Gasteiger charge is 2.48. The molecule has 0 saturated carbocycles. The first-order chi connectivity index (χ1) is 6.25. The molecule has 78 valence electrons. The van der Waals surface area contributed by atoms with Gasteiger partial charge in [-0.15, -0.1) is 0 Å². The molecule has 0 saturated heterocycles. The molecule has 1 nitrogen and oxygen atoms in total. The van der Waals surface area contributed by atoms with Crippen molar-refractivity contribution in [3.8, 4) is 0 Å². The molecule has 0 aliphatic heterocycles. The Morgan fingerprint density at radius 1 is 1.14 bits per heavy atom. The van der Waals surface area contributed by atoms with Crippen LogP contribution in [0.25, 0.3) is 0 Å². The average Bonchev–Trinajstić information content (AvgIpc) is 2.02. The van der Waals surface area contributed by atoms with Gasteiger partial charge in [-0.25, -0.2) is 0 Å². The Kier molecular flexibility index (Phi) is 2.48. The second kappa shape index (κ2) is 3.19. The van der Waals surface area contributed by atoms with Crippen LogP contribution in [0.15, 0.2) is 24.3 Å². The van der Waals surface area contributed by atoms with Crippen LogP contribution >= 0.6 is 0 Å². The molecule has 2 N–H and O–H groups in total. The summed E-state index contributed by atoms with van der Waals surface area (Å²) in [4.78, 5) is 0. The zero-order chi connectivity index (χ0) is 11.0. The van der Waals surface area contributed by atoms with Gasteiger partial charge in [0.2, 0.25) is 0 Å². The Balaban J connectivity index is 3.16. The zero-order valence-corrected chi connectivity index (χ0v) is 8.02. The van der Waals surface area contributed by atoms with Crippen molar-refractivity contribution in [1.82, 2.24) is 0 Å². The number of hydrogen-bond acceptors (Lipinski definition) is 1. The maximum atomic E-state index is 12.6. The summed E-state index contributed by atoms with van der Waals surface area (Å²) >= 11 is 0. The van der Waals surface area contributed by atoms with Gasteiger partial charge in [0.05, 0.1) is 5.41 Å². The van der Waals surface area contributed by atoms with Crippen LogP contribution in [0.3, 0.4) is 0 Å². The van der Waals surface area contributed by atoms with Crippen molar-refractivity contribution >= 4 is 5.69 Å². The molecule has 0 heterocycles. The molecule has 1 aromatic carbocycles. The molecule has 0 aliphatic carbocycles. The van der Waals surface area contributed by atoms with Gasteiger partial charge < -0.3 is 5.73 Å². The highest BCUT2D eigenvalue weighted by Crippen LogP contribution is 2.40. The largest absolute Gasteiger partial charge is 0.399 e. The van der Waals surface area contributed by atoms with Gasteiger partial charge in [-0.05, 0) is 31.5 Å². The number of alkyl halides is 3. The smallest absolute Gasteiger partial charge is 0.397 e. The molecule has 0 aromatic heterocycles. The number of nitrogens with two attached hydrogens (primary N) is 1. The third kappa shape index (κ3) is 1.84. The van der Waals surface area contributed by atoms with Gasteiger partial charge in [-0.2, -0.15) is 13.2 Å².